The van der Waals surface area contributed by atoms with E-state index in [0.29, 0.717) is 12.6 Å². The molecule has 0 aliphatic carbocycles. The van der Waals surface area contributed by atoms with Crippen LogP contribution in [0.15, 0.2) is 58.3 Å². The molecule has 2 aromatic rings. The number of nitrogens with one attached hydrogen (secondary N) is 2. The van der Waals surface area contributed by atoms with Crippen LogP contribution in [0.25, 0.3) is 0 Å². The zero-order valence-corrected chi connectivity index (χ0v) is 17.6. The van der Waals surface area contributed by atoms with Crippen LogP contribution in [-0.2, 0) is 4.79 Å². The maximum absolute atomic E-state index is 13.3. The number of hydrogen-bond acceptors (Lipinski definition) is 3. The summed E-state index contributed by atoms with van der Waals surface area (Å²) in [7, 11) is 2.34. The number of rotatable bonds is 3. The number of carbonyl (C=O) groups excluding carboxylic acids is 1. The van der Waals surface area contributed by atoms with E-state index < -0.39 is 0 Å². The third kappa shape index (κ3) is 3.45. The van der Waals surface area contributed by atoms with Crippen LogP contribution in [0.5, 0.6) is 0 Å². The molecule has 0 spiro atoms. The first-order valence-corrected chi connectivity index (χ1v) is 10.8. The van der Waals surface area contributed by atoms with Crippen molar-refractivity contribution in [3.63, 3.8) is 0 Å². The van der Waals surface area contributed by atoms with Gasteiger partial charge in [-0.1, -0.05) is 36.0 Å². The number of quaternary nitrogens is 1. The molecular weight excluding hydrogens is 390 g/mol. The largest absolute Gasteiger partial charge is 1.00 e. The van der Waals surface area contributed by atoms with Crippen molar-refractivity contribution < 1.29 is 22.1 Å². The predicted molar refractivity (Wildman–Crippen MR) is 109 cm³/mol. The van der Waals surface area contributed by atoms with Crippen LogP contribution in [0.1, 0.15) is 25.7 Å². The van der Waals surface area contributed by atoms with Gasteiger partial charge in [0.1, 0.15) is 0 Å². The van der Waals surface area contributed by atoms with Crippen molar-refractivity contribution in [3.05, 3.63) is 48.5 Å². The molecule has 0 aromatic heterocycles. The molecule has 2 bridgehead atoms. The molecule has 6 heteroatoms. The lowest BCUT2D eigenvalue weighted by Gasteiger charge is -2.35. The van der Waals surface area contributed by atoms with Gasteiger partial charge in [-0.05, 0) is 24.3 Å². The number of carbonyl (C=O) groups is 1. The summed E-state index contributed by atoms with van der Waals surface area (Å²) in [5.41, 5.74) is 2.00. The molecule has 2 N–H and O–H groups in total. The van der Waals surface area contributed by atoms with Gasteiger partial charge in [0.05, 0.1) is 37.1 Å². The van der Waals surface area contributed by atoms with E-state index >= 15 is 0 Å². The summed E-state index contributed by atoms with van der Waals surface area (Å²) < 4.78 is 0. The Morgan fingerprint density at radius 2 is 1.57 bits per heavy atom. The third-order valence-corrected chi connectivity index (χ3v) is 7.64. The summed E-state index contributed by atoms with van der Waals surface area (Å²) >= 11 is 1.74. The molecule has 148 valence electrons. The molecule has 1 amide bonds. The molecule has 28 heavy (non-hydrogen) atoms. The molecule has 3 aliphatic rings. The van der Waals surface area contributed by atoms with Gasteiger partial charge in [-0.15, -0.1) is 0 Å². The highest BCUT2D eigenvalue weighted by Crippen LogP contribution is 2.47. The van der Waals surface area contributed by atoms with Crippen molar-refractivity contribution in [1.82, 2.24) is 5.32 Å². The van der Waals surface area contributed by atoms with Crippen molar-refractivity contribution in [2.24, 2.45) is 0 Å². The van der Waals surface area contributed by atoms with E-state index in [1.807, 2.05) is 29.2 Å². The first kappa shape index (κ1) is 19.8. The second-order valence-corrected chi connectivity index (χ2v) is 9.11. The van der Waals surface area contributed by atoms with Gasteiger partial charge >= 0.3 is 0 Å². The zero-order valence-electron chi connectivity index (χ0n) is 16.0. The van der Waals surface area contributed by atoms with Crippen LogP contribution in [-0.4, -0.2) is 37.6 Å². The number of piperidine rings is 1. The lowest BCUT2D eigenvalue weighted by Crippen LogP contribution is -3.15. The van der Waals surface area contributed by atoms with E-state index in [1.165, 1.54) is 25.7 Å². The van der Waals surface area contributed by atoms with Crippen LogP contribution in [0.4, 0.5) is 11.4 Å². The zero-order chi connectivity index (χ0) is 18.4. The molecule has 4 nitrogen and oxygen atoms in total. The molecule has 5 rings (SSSR count). The van der Waals surface area contributed by atoms with Crippen molar-refractivity contribution in [3.8, 4) is 0 Å². The van der Waals surface area contributed by atoms with Crippen molar-refractivity contribution in [1.29, 1.82) is 0 Å². The highest BCUT2D eigenvalue weighted by molar-refractivity contribution is 7.99. The number of para-hydroxylation sites is 2. The smallest absolute Gasteiger partial charge is 0.245 e. The highest BCUT2D eigenvalue weighted by atomic mass is 35.5. The van der Waals surface area contributed by atoms with Crippen LogP contribution in [0, 0.1) is 0 Å². The Labute approximate surface area is 177 Å². The first-order chi connectivity index (χ1) is 13.2. The number of fused-ring (bicyclic) bond motifs is 4. The molecule has 0 saturated carbocycles. The number of hydrogen-bond donors (Lipinski definition) is 2. The fourth-order valence-corrected chi connectivity index (χ4v) is 6.09. The average Bonchev–Trinajstić information content (AvgIpc) is 2.91. The molecule has 2 unspecified atom stereocenters. The molecule has 2 fully saturated rings. The van der Waals surface area contributed by atoms with Gasteiger partial charge in [-0.3, -0.25) is 9.69 Å². The van der Waals surface area contributed by atoms with Gasteiger partial charge in [-0.2, -0.15) is 0 Å². The minimum Gasteiger partial charge on any atom is -1.00 e. The molecule has 3 heterocycles. The van der Waals surface area contributed by atoms with Crippen LogP contribution >= 0.6 is 11.8 Å². The number of halogens is 1. The van der Waals surface area contributed by atoms with Gasteiger partial charge < -0.3 is 22.6 Å². The Bertz CT molecular complexity index is 817. The monoisotopic (exact) mass is 415 g/mol. The second kappa shape index (κ2) is 8.07. The van der Waals surface area contributed by atoms with Gasteiger partial charge in [0.2, 0.25) is 5.91 Å². The quantitative estimate of drug-likeness (QED) is 0.717. The predicted octanol–water partition coefficient (Wildman–Crippen LogP) is -0.382. The molecule has 0 radical (unpaired) electrons. The lowest BCUT2D eigenvalue weighted by atomic mass is 9.98. The van der Waals surface area contributed by atoms with E-state index in [-0.39, 0.29) is 18.3 Å². The Balaban J connectivity index is 0.00000192. The van der Waals surface area contributed by atoms with Crippen molar-refractivity contribution in [2.45, 2.75) is 53.6 Å². The minimum absolute atomic E-state index is 0. The van der Waals surface area contributed by atoms with Crippen LogP contribution in [0.2, 0.25) is 0 Å². The third-order valence-electron chi connectivity index (χ3n) is 6.51. The molecule has 2 aromatic carbocycles. The molecule has 2 saturated heterocycles. The molecule has 3 aliphatic heterocycles. The van der Waals surface area contributed by atoms with Gasteiger partial charge in [0.15, 0.2) is 0 Å². The SMILES string of the molecule is C[NH+]1C2CCC1CC(NCC(=O)N1c3ccccc3Sc3ccccc31)C2.[Cl-]. The highest BCUT2D eigenvalue weighted by Gasteiger charge is 2.42. The van der Waals surface area contributed by atoms with E-state index in [2.05, 4.69) is 36.6 Å². The van der Waals surface area contributed by atoms with E-state index in [1.54, 1.807) is 16.7 Å². The van der Waals surface area contributed by atoms with Crippen LogP contribution < -0.4 is 27.5 Å². The first-order valence-electron chi connectivity index (χ1n) is 9.96. The molecular formula is C22H26ClN3OS. The number of benzene rings is 2. The van der Waals surface area contributed by atoms with E-state index in [9.17, 15) is 4.79 Å². The number of amides is 1. The second-order valence-electron chi connectivity index (χ2n) is 8.03. The van der Waals surface area contributed by atoms with Crippen molar-refractivity contribution in [2.75, 3.05) is 18.5 Å². The van der Waals surface area contributed by atoms with Gasteiger partial charge in [0, 0.05) is 41.5 Å². The molecule has 2 atom stereocenters. The summed E-state index contributed by atoms with van der Waals surface area (Å²) in [6.07, 6.45) is 5.07. The summed E-state index contributed by atoms with van der Waals surface area (Å²) in [4.78, 5) is 19.2. The van der Waals surface area contributed by atoms with E-state index in [4.69, 9.17) is 0 Å². The minimum atomic E-state index is 0. The van der Waals surface area contributed by atoms with Gasteiger partial charge in [-0.25, -0.2) is 0 Å². The van der Waals surface area contributed by atoms with Crippen molar-refractivity contribution >= 4 is 29.0 Å². The fourth-order valence-electron chi connectivity index (χ4n) is 5.03. The maximum atomic E-state index is 13.3. The fraction of sp³-hybridized carbons (Fsp3) is 0.409. The van der Waals surface area contributed by atoms with E-state index in [0.717, 1.165) is 33.2 Å². The number of anilines is 2. The maximum Gasteiger partial charge on any atom is 0.245 e. The Kier molecular flexibility index (Phi) is 5.70. The summed E-state index contributed by atoms with van der Waals surface area (Å²) in [5, 5.41) is 3.59. The summed E-state index contributed by atoms with van der Waals surface area (Å²) in [6.45, 7) is 0.399. The summed E-state index contributed by atoms with van der Waals surface area (Å²) in [5.74, 6) is 0.133. The lowest BCUT2D eigenvalue weighted by molar-refractivity contribution is -0.922. The Morgan fingerprint density at radius 1 is 1.04 bits per heavy atom. The Morgan fingerprint density at radius 3 is 2.14 bits per heavy atom. The Hall–Kier alpha value is -1.53. The normalized spacial score (nSPS) is 27.5. The topological polar surface area (TPSA) is 36.8 Å². The average molecular weight is 416 g/mol. The number of nitrogens with zero attached hydrogens (tertiary/aromatic N) is 1. The van der Waals surface area contributed by atoms with Gasteiger partial charge in [0.25, 0.3) is 0 Å². The standard InChI is InChI=1S/C22H25N3OS.ClH/c1-24-16-10-11-17(24)13-15(12-16)23-14-22(26)25-18-6-2-4-8-20(18)27-21-9-5-3-7-19(21)25;/h2-9,15-17,23H,10-14H2,1H3;1H. The van der Waals surface area contributed by atoms with Crippen LogP contribution in [0.3, 0.4) is 0 Å². The summed E-state index contributed by atoms with van der Waals surface area (Å²) in [6, 6.07) is 18.4.